The number of amidine groups is 1. The third kappa shape index (κ3) is 6.47. The van der Waals surface area contributed by atoms with Gasteiger partial charge in [0.1, 0.15) is 22.7 Å². The van der Waals surface area contributed by atoms with Crippen molar-refractivity contribution in [1.29, 1.82) is 0 Å². The molecule has 0 radical (unpaired) electrons. The summed E-state index contributed by atoms with van der Waals surface area (Å²) in [7, 11) is 0. The molecule has 48 heavy (non-hydrogen) atoms. The summed E-state index contributed by atoms with van der Waals surface area (Å²) in [6.07, 6.45) is 0. The number of halogens is 2. The second-order valence-corrected chi connectivity index (χ2v) is 14.3. The van der Waals surface area contributed by atoms with Gasteiger partial charge in [-0.05, 0) is 69.2 Å². The number of ether oxygens (including phenoxy) is 2. The van der Waals surface area contributed by atoms with Crippen molar-refractivity contribution in [3.05, 3.63) is 98.5 Å². The molecule has 2 atom stereocenters. The molecular weight excluding hydrogens is 694 g/mol. The number of amides is 3. The molecule has 0 aromatic heterocycles. The van der Waals surface area contributed by atoms with E-state index in [9.17, 15) is 4.79 Å². The highest BCUT2D eigenvalue weighted by Gasteiger charge is 2.60. The zero-order chi connectivity index (χ0) is 34.1. The van der Waals surface area contributed by atoms with Crippen molar-refractivity contribution in [1.82, 2.24) is 19.6 Å². The van der Waals surface area contributed by atoms with Crippen LogP contribution in [-0.4, -0.2) is 103 Å². The maximum absolute atomic E-state index is 15.1. The first-order valence-electron chi connectivity index (χ1n) is 16.6. The van der Waals surface area contributed by atoms with E-state index in [1.807, 2.05) is 64.1 Å². The maximum Gasteiger partial charge on any atom is 0.326 e. The van der Waals surface area contributed by atoms with E-state index in [0.29, 0.717) is 82.2 Å². The number of aliphatic imine (C=N–C) groups is 1. The molecule has 0 unspecified atom stereocenters. The Kier molecular flexibility index (Phi) is 10.2. The van der Waals surface area contributed by atoms with Crippen molar-refractivity contribution in [3.63, 3.8) is 0 Å². The lowest BCUT2D eigenvalue weighted by molar-refractivity contribution is -0.136. The van der Waals surface area contributed by atoms with E-state index in [-0.39, 0.29) is 11.9 Å². The molecule has 3 aromatic rings. The second kappa shape index (κ2) is 14.2. The first-order chi connectivity index (χ1) is 23.0. The lowest BCUT2D eigenvalue weighted by Gasteiger charge is -2.47. The molecule has 2 saturated heterocycles. The number of piperazine rings is 1. The number of nitrogens with zero attached hydrogens (tertiary/aromatic N) is 5. The van der Waals surface area contributed by atoms with E-state index in [1.165, 1.54) is 0 Å². The fraction of sp³-hybridized carbons (Fsp3) is 0.432. The highest BCUT2D eigenvalue weighted by molar-refractivity contribution is 9.10. The van der Waals surface area contributed by atoms with E-state index in [4.69, 9.17) is 26.1 Å². The molecule has 3 aliphatic heterocycles. The van der Waals surface area contributed by atoms with Crippen molar-refractivity contribution < 1.29 is 19.1 Å². The molecule has 6 rings (SSSR count). The molecule has 3 aromatic carbocycles. The van der Waals surface area contributed by atoms with Gasteiger partial charge < -0.3 is 19.3 Å². The topological polar surface area (TPSA) is 77.9 Å². The molecule has 11 heteroatoms. The van der Waals surface area contributed by atoms with Gasteiger partial charge in [0.2, 0.25) is 5.91 Å². The lowest BCUT2D eigenvalue weighted by atomic mass is 9.70. The molecule has 0 saturated carbocycles. The van der Waals surface area contributed by atoms with E-state index in [0.717, 1.165) is 26.7 Å². The van der Waals surface area contributed by atoms with Crippen LogP contribution in [0.15, 0.2) is 76.2 Å². The number of benzene rings is 3. The Morgan fingerprint density at radius 3 is 2.19 bits per heavy atom. The SMILES string of the molecule is CCOc1cc(Br)ccc1C1=N[C@@](C)(c2ccc(Cl)cc2)[C@@](C)(c2ccc(C)cc2)N1C(=O)N1CCN(CC(=O)N2CCOCC2)CC1. The van der Waals surface area contributed by atoms with Crippen molar-refractivity contribution in [2.45, 2.75) is 38.8 Å². The molecule has 3 heterocycles. The number of rotatable bonds is 7. The number of hydrogen-bond acceptors (Lipinski definition) is 6. The molecule has 3 amide bonds. The number of carbonyl (C=O) groups is 2. The number of carbonyl (C=O) groups excluding carboxylic acids is 2. The fourth-order valence-electron chi connectivity index (χ4n) is 6.97. The molecule has 0 spiro atoms. The van der Waals surface area contributed by atoms with Gasteiger partial charge in [-0.25, -0.2) is 4.79 Å². The number of urea groups is 1. The highest BCUT2D eigenvalue weighted by Crippen LogP contribution is 2.54. The quantitative estimate of drug-likeness (QED) is 0.285. The highest BCUT2D eigenvalue weighted by atomic mass is 79.9. The Labute approximate surface area is 296 Å². The third-order valence-corrected chi connectivity index (χ3v) is 10.7. The third-order valence-electron chi connectivity index (χ3n) is 10.00. The van der Waals surface area contributed by atoms with Gasteiger partial charge in [0, 0.05) is 48.8 Å². The van der Waals surface area contributed by atoms with Crippen LogP contribution in [0.1, 0.15) is 43.0 Å². The Balaban J connectivity index is 1.41. The summed E-state index contributed by atoms with van der Waals surface area (Å²) < 4.78 is 12.4. The Morgan fingerprint density at radius 1 is 0.896 bits per heavy atom. The summed E-state index contributed by atoms with van der Waals surface area (Å²) >= 11 is 9.97. The first-order valence-corrected chi connectivity index (χ1v) is 17.7. The van der Waals surface area contributed by atoms with Crippen molar-refractivity contribution in [3.8, 4) is 5.75 Å². The van der Waals surface area contributed by atoms with Crippen LogP contribution in [0.5, 0.6) is 5.75 Å². The average molecular weight is 737 g/mol. The minimum atomic E-state index is -0.944. The molecule has 9 nitrogen and oxygen atoms in total. The number of hydrogen-bond donors (Lipinski definition) is 0. The van der Waals surface area contributed by atoms with E-state index >= 15 is 4.79 Å². The Bertz CT molecular complexity index is 1670. The largest absolute Gasteiger partial charge is 0.493 e. The van der Waals surface area contributed by atoms with Crippen molar-refractivity contribution in [2.24, 2.45) is 4.99 Å². The van der Waals surface area contributed by atoms with E-state index in [2.05, 4.69) is 65.9 Å². The van der Waals surface area contributed by atoms with Gasteiger partial charge in [-0.1, -0.05) is 69.5 Å². The normalized spacial score (nSPS) is 23.3. The summed E-state index contributed by atoms with van der Waals surface area (Å²) in [4.78, 5) is 41.4. The monoisotopic (exact) mass is 735 g/mol. The molecule has 3 aliphatic rings. The lowest BCUT2D eigenvalue weighted by Crippen LogP contribution is -2.61. The molecule has 2 fully saturated rings. The summed E-state index contributed by atoms with van der Waals surface area (Å²) in [5.74, 6) is 1.29. The molecule has 254 valence electrons. The average Bonchev–Trinajstić information content (AvgIpc) is 3.33. The van der Waals surface area contributed by atoms with Crippen LogP contribution in [-0.2, 0) is 20.6 Å². The van der Waals surface area contributed by atoms with Gasteiger partial charge in [-0.2, -0.15) is 0 Å². The van der Waals surface area contributed by atoms with Crippen molar-refractivity contribution >= 4 is 45.3 Å². The van der Waals surface area contributed by atoms with Crippen LogP contribution in [0.2, 0.25) is 5.02 Å². The van der Waals surface area contributed by atoms with Crippen LogP contribution in [0.4, 0.5) is 4.79 Å². The predicted octanol–water partition coefficient (Wildman–Crippen LogP) is 6.30. The van der Waals surface area contributed by atoms with Gasteiger partial charge in [0.25, 0.3) is 0 Å². The standard InChI is InChI=1S/C37H43BrClN5O4/c1-5-48-32-24-29(38)12-15-31(32)34-40-36(3,27-10-13-30(39)14-11-27)37(4,28-8-6-26(2)7-9-28)44(34)35(46)43-18-16-41(17-19-43)25-33(45)42-20-22-47-23-21-42/h6-15,24H,5,16-23,25H2,1-4H3/t36-,37+/m0/s1. The summed E-state index contributed by atoms with van der Waals surface area (Å²) in [5, 5.41) is 0.631. The zero-order valence-corrected chi connectivity index (χ0v) is 30.4. The Morgan fingerprint density at radius 2 is 1.54 bits per heavy atom. The molecule has 0 N–H and O–H groups in total. The number of aryl methyl sites for hydroxylation is 1. The predicted molar refractivity (Wildman–Crippen MR) is 192 cm³/mol. The van der Waals surface area contributed by atoms with E-state index < -0.39 is 11.1 Å². The Hall–Kier alpha value is -3.44. The van der Waals surface area contributed by atoms with E-state index in [1.54, 1.807) is 0 Å². The maximum atomic E-state index is 15.1. The molecular formula is C37H43BrClN5O4. The van der Waals surface area contributed by atoms with Gasteiger partial charge >= 0.3 is 6.03 Å². The first kappa shape index (κ1) is 34.4. The van der Waals surface area contributed by atoms with Crippen molar-refractivity contribution in [2.75, 3.05) is 65.6 Å². The van der Waals surface area contributed by atoms with Gasteiger partial charge in [-0.15, -0.1) is 0 Å². The van der Waals surface area contributed by atoms with Crippen LogP contribution in [0, 0.1) is 6.92 Å². The fourth-order valence-corrected chi connectivity index (χ4v) is 7.44. The van der Waals surface area contributed by atoms with Gasteiger partial charge in [0.15, 0.2) is 0 Å². The van der Waals surface area contributed by atoms with Crippen LogP contribution in [0.25, 0.3) is 0 Å². The summed E-state index contributed by atoms with van der Waals surface area (Å²) in [5.41, 5.74) is 1.91. The van der Waals surface area contributed by atoms with Gasteiger partial charge in [0.05, 0.1) is 31.9 Å². The summed E-state index contributed by atoms with van der Waals surface area (Å²) in [6, 6.07) is 21.8. The van der Waals surface area contributed by atoms with Gasteiger partial charge in [-0.3, -0.25) is 19.6 Å². The molecule has 0 aliphatic carbocycles. The van der Waals surface area contributed by atoms with Crippen LogP contribution < -0.4 is 4.74 Å². The second-order valence-electron chi connectivity index (χ2n) is 12.9. The van der Waals surface area contributed by atoms with Crippen LogP contribution >= 0.6 is 27.5 Å². The minimum absolute atomic E-state index is 0.108. The van der Waals surface area contributed by atoms with Crippen LogP contribution in [0.3, 0.4) is 0 Å². The zero-order valence-electron chi connectivity index (χ0n) is 28.0. The summed E-state index contributed by atoms with van der Waals surface area (Å²) in [6.45, 7) is 13.6. The minimum Gasteiger partial charge on any atom is -0.493 e. The number of morpholine rings is 1. The molecule has 0 bridgehead atoms. The smallest absolute Gasteiger partial charge is 0.326 e.